The zero-order valence-corrected chi connectivity index (χ0v) is 8.09. The number of benzene rings is 1. The van der Waals surface area contributed by atoms with Crippen molar-refractivity contribution in [3.05, 3.63) is 48.3 Å². The fraction of sp³-hybridized carbons (Fsp3) is 0.0909. The molecule has 0 saturated heterocycles. The molecule has 2 aromatic rings. The molecule has 1 aromatic heterocycles. The molecule has 4 heteroatoms. The Bertz CT molecular complexity index is 431. The van der Waals surface area contributed by atoms with E-state index < -0.39 is 0 Å². The molecule has 0 aliphatic heterocycles. The predicted molar refractivity (Wildman–Crippen MR) is 57.7 cm³/mol. The lowest BCUT2D eigenvalue weighted by atomic mass is 10.3. The van der Waals surface area contributed by atoms with Gasteiger partial charge < -0.3 is 10.4 Å². The Balaban J connectivity index is 2.17. The Labute approximate surface area is 87.6 Å². The molecule has 0 saturated carbocycles. The first-order chi connectivity index (χ1) is 7.38. The van der Waals surface area contributed by atoms with Crippen LogP contribution in [-0.2, 0) is 6.61 Å². The van der Waals surface area contributed by atoms with Crippen LogP contribution in [0.25, 0.3) is 0 Å². The van der Waals surface area contributed by atoms with Gasteiger partial charge in [-0.05, 0) is 18.2 Å². The first kappa shape index (κ1) is 9.61. The van der Waals surface area contributed by atoms with Crippen LogP contribution in [0.2, 0.25) is 0 Å². The predicted octanol–water partition coefficient (Wildman–Crippen LogP) is 1.71. The van der Waals surface area contributed by atoms with E-state index in [0.29, 0.717) is 11.6 Å². The number of para-hydroxylation sites is 1. The second-order valence-corrected chi connectivity index (χ2v) is 3.02. The topological polar surface area (TPSA) is 58.0 Å². The van der Waals surface area contributed by atoms with Crippen molar-refractivity contribution in [1.29, 1.82) is 0 Å². The van der Waals surface area contributed by atoms with Crippen LogP contribution in [0, 0.1) is 0 Å². The summed E-state index contributed by atoms with van der Waals surface area (Å²) >= 11 is 0. The quantitative estimate of drug-likeness (QED) is 0.793. The molecule has 0 aliphatic carbocycles. The maximum atomic E-state index is 8.91. The van der Waals surface area contributed by atoms with Gasteiger partial charge in [0.2, 0.25) is 5.95 Å². The molecule has 0 aliphatic rings. The Morgan fingerprint density at radius 2 is 1.93 bits per heavy atom. The van der Waals surface area contributed by atoms with E-state index in [1.807, 2.05) is 30.3 Å². The zero-order chi connectivity index (χ0) is 10.5. The largest absolute Gasteiger partial charge is 0.390 e. The maximum Gasteiger partial charge on any atom is 0.227 e. The lowest BCUT2D eigenvalue weighted by Gasteiger charge is -2.04. The molecule has 4 nitrogen and oxygen atoms in total. The molecule has 2 rings (SSSR count). The number of aliphatic hydroxyl groups excluding tert-OH is 1. The zero-order valence-electron chi connectivity index (χ0n) is 8.09. The van der Waals surface area contributed by atoms with Gasteiger partial charge in [0.05, 0.1) is 12.3 Å². The highest BCUT2D eigenvalue weighted by Crippen LogP contribution is 2.11. The van der Waals surface area contributed by atoms with Gasteiger partial charge in [-0.25, -0.2) is 9.97 Å². The summed E-state index contributed by atoms with van der Waals surface area (Å²) in [5, 5.41) is 12.0. The van der Waals surface area contributed by atoms with Crippen LogP contribution in [0.5, 0.6) is 0 Å². The van der Waals surface area contributed by atoms with Crippen molar-refractivity contribution in [2.24, 2.45) is 0 Å². The number of hydrogen-bond donors (Lipinski definition) is 2. The van der Waals surface area contributed by atoms with Gasteiger partial charge in [-0.15, -0.1) is 0 Å². The third-order valence-corrected chi connectivity index (χ3v) is 1.91. The van der Waals surface area contributed by atoms with E-state index in [9.17, 15) is 0 Å². The Morgan fingerprint density at radius 1 is 1.13 bits per heavy atom. The van der Waals surface area contributed by atoms with Crippen LogP contribution in [0.4, 0.5) is 11.6 Å². The van der Waals surface area contributed by atoms with E-state index in [-0.39, 0.29) is 6.61 Å². The first-order valence-corrected chi connectivity index (χ1v) is 4.63. The first-order valence-electron chi connectivity index (χ1n) is 4.63. The van der Waals surface area contributed by atoms with Crippen LogP contribution in [-0.4, -0.2) is 15.1 Å². The lowest BCUT2D eigenvalue weighted by molar-refractivity contribution is 0.277. The molecule has 0 atom stereocenters. The highest BCUT2D eigenvalue weighted by atomic mass is 16.3. The number of hydrogen-bond acceptors (Lipinski definition) is 4. The van der Waals surface area contributed by atoms with E-state index in [0.717, 1.165) is 5.69 Å². The average molecular weight is 201 g/mol. The number of aliphatic hydroxyl groups is 1. The third kappa shape index (κ3) is 2.51. The molecule has 15 heavy (non-hydrogen) atoms. The summed E-state index contributed by atoms with van der Waals surface area (Å²) in [7, 11) is 0. The molecule has 0 fully saturated rings. The van der Waals surface area contributed by atoms with Crippen molar-refractivity contribution in [3.8, 4) is 0 Å². The van der Waals surface area contributed by atoms with E-state index in [2.05, 4.69) is 15.3 Å². The normalized spacial score (nSPS) is 9.93. The summed E-state index contributed by atoms with van der Waals surface area (Å²) < 4.78 is 0. The van der Waals surface area contributed by atoms with Gasteiger partial charge in [0, 0.05) is 11.9 Å². The van der Waals surface area contributed by atoms with Crippen molar-refractivity contribution < 1.29 is 5.11 Å². The van der Waals surface area contributed by atoms with Gasteiger partial charge in [-0.2, -0.15) is 0 Å². The van der Waals surface area contributed by atoms with E-state index in [4.69, 9.17) is 5.11 Å². The fourth-order valence-corrected chi connectivity index (χ4v) is 1.19. The monoisotopic (exact) mass is 201 g/mol. The molecule has 0 bridgehead atoms. The van der Waals surface area contributed by atoms with Crippen molar-refractivity contribution >= 4 is 11.6 Å². The smallest absolute Gasteiger partial charge is 0.227 e. The molecule has 0 radical (unpaired) electrons. The summed E-state index contributed by atoms with van der Waals surface area (Å²) in [5.74, 6) is 0.493. The molecule has 1 aromatic carbocycles. The standard InChI is InChI=1S/C11H11N3O/c15-8-10-6-7-12-11(14-10)13-9-4-2-1-3-5-9/h1-7,15H,8H2,(H,12,13,14). The number of anilines is 2. The Kier molecular flexibility index (Phi) is 2.90. The highest BCUT2D eigenvalue weighted by molar-refractivity contribution is 5.52. The van der Waals surface area contributed by atoms with Gasteiger partial charge in [0.25, 0.3) is 0 Å². The molecular weight excluding hydrogens is 190 g/mol. The van der Waals surface area contributed by atoms with Crippen molar-refractivity contribution in [1.82, 2.24) is 9.97 Å². The molecular formula is C11H11N3O. The highest BCUT2D eigenvalue weighted by Gasteiger charge is 1.98. The molecule has 0 spiro atoms. The summed E-state index contributed by atoms with van der Waals surface area (Å²) in [6, 6.07) is 11.3. The third-order valence-electron chi connectivity index (χ3n) is 1.91. The van der Waals surface area contributed by atoms with Gasteiger partial charge >= 0.3 is 0 Å². The van der Waals surface area contributed by atoms with E-state index >= 15 is 0 Å². The van der Waals surface area contributed by atoms with Gasteiger partial charge in [-0.1, -0.05) is 18.2 Å². The number of nitrogens with zero attached hydrogens (tertiary/aromatic N) is 2. The van der Waals surface area contributed by atoms with Crippen molar-refractivity contribution in [2.45, 2.75) is 6.61 Å². The Morgan fingerprint density at radius 3 is 2.67 bits per heavy atom. The molecule has 76 valence electrons. The number of nitrogens with one attached hydrogen (secondary N) is 1. The second-order valence-electron chi connectivity index (χ2n) is 3.02. The van der Waals surface area contributed by atoms with Crippen LogP contribution in [0.1, 0.15) is 5.69 Å². The number of aromatic nitrogens is 2. The molecule has 0 unspecified atom stereocenters. The van der Waals surface area contributed by atoms with Gasteiger partial charge in [0.15, 0.2) is 0 Å². The van der Waals surface area contributed by atoms with E-state index in [1.54, 1.807) is 12.3 Å². The van der Waals surface area contributed by atoms with E-state index in [1.165, 1.54) is 0 Å². The minimum absolute atomic E-state index is 0.0774. The summed E-state index contributed by atoms with van der Waals surface area (Å²) in [6.45, 7) is -0.0774. The minimum Gasteiger partial charge on any atom is -0.390 e. The molecule has 0 amide bonds. The van der Waals surface area contributed by atoms with Crippen LogP contribution in [0.3, 0.4) is 0 Å². The number of rotatable bonds is 3. The van der Waals surface area contributed by atoms with Gasteiger partial charge in [0.1, 0.15) is 0 Å². The SMILES string of the molecule is OCc1ccnc(Nc2ccccc2)n1. The average Bonchev–Trinajstić information content (AvgIpc) is 2.31. The van der Waals surface area contributed by atoms with Crippen molar-refractivity contribution in [2.75, 3.05) is 5.32 Å². The van der Waals surface area contributed by atoms with Crippen LogP contribution < -0.4 is 5.32 Å². The minimum atomic E-state index is -0.0774. The molecule has 1 heterocycles. The van der Waals surface area contributed by atoms with Gasteiger partial charge in [-0.3, -0.25) is 0 Å². The summed E-state index contributed by atoms with van der Waals surface area (Å²) in [5.41, 5.74) is 1.52. The fourth-order valence-electron chi connectivity index (χ4n) is 1.19. The van der Waals surface area contributed by atoms with Crippen LogP contribution >= 0.6 is 0 Å². The molecule has 2 N–H and O–H groups in total. The van der Waals surface area contributed by atoms with Crippen LogP contribution in [0.15, 0.2) is 42.6 Å². The summed E-state index contributed by atoms with van der Waals surface area (Å²) in [6.07, 6.45) is 1.61. The van der Waals surface area contributed by atoms with Crippen molar-refractivity contribution in [3.63, 3.8) is 0 Å². The maximum absolute atomic E-state index is 8.91. The Hall–Kier alpha value is -1.94. The second kappa shape index (κ2) is 4.52. The lowest BCUT2D eigenvalue weighted by Crippen LogP contribution is -1.99. The summed E-state index contributed by atoms with van der Waals surface area (Å²) in [4.78, 5) is 8.16.